The molecule has 2 saturated heterocycles. The zero-order valence-electron chi connectivity index (χ0n) is 13.6. The van der Waals surface area contributed by atoms with E-state index in [0.29, 0.717) is 11.4 Å². The second-order valence-corrected chi connectivity index (χ2v) is 8.70. The highest BCUT2D eigenvalue weighted by molar-refractivity contribution is 7.91. The normalized spacial score (nSPS) is 24.6. The Kier molecular flexibility index (Phi) is 3.57. The topological polar surface area (TPSA) is 57.7 Å². The number of anilines is 2. The smallest absolute Gasteiger partial charge is 0.288 e. The van der Waals surface area contributed by atoms with Crippen LogP contribution in [0.2, 0.25) is 0 Å². The fourth-order valence-electron chi connectivity index (χ4n) is 3.61. The van der Waals surface area contributed by atoms with Gasteiger partial charge in [0.25, 0.3) is 0 Å². The summed E-state index contributed by atoms with van der Waals surface area (Å²) in [6.45, 7) is 1.95. The van der Waals surface area contributed by atoms with Gasteiger partial charge in [-0.1, -0.05) is 17.7 Å². The number of nitrogens with zero attached hydrogens (tertiary/aromatic N) is 2. The van der Waals surface area contributed by atoms with Gasteiger partial charge in [0.2, 0.25) is 0 Å². The molecule has 130 valence electrons. The fourth-order valence-corrected chi connectivity index (χ4v) is 5.53. The van der Waals surface area contributed by atoms with Gasteiger partial charge in [-0.3, -0.25) is 9.80 Å². The molecule has 7 heteroatoms. The van der Waals surface area contributed by atoms with Gasteiger partial charge in [-0.05, 0) is 43.3 Å². The first-order valence-electron chi connectivity index (χ1n) is 8.01. The van der Waals surface area contributed by atoms with Gasteiger partial charge < -0.3 is 0 Å². The molecule has 25 heavy (non-hydrogen) atoms. The van der Waals surface area contributed by atoms with Gasteiger partial charge in [-0.2, -0.15) is 0 Å². The molecule has 2 aliphatic rings. The number of aryl methyl sites for hydroxylation is 1. The molecule has 5 nitrogen and oxygen atoms in total. The van der Waals surface area contributed by atoms with Crippen molar-refractivity contribution >= 4 is 27.2 Å². The Morgan fingerprint density at radius 2 is 1.32 bits per heavy atom. The number of carbonyl (C=O) groups excluding carboxylic acids is 1. The lowest BCUT2D eigenvalue weighted by Crippen LogP contribution is -2.37. The molecule has 4 rings (SSSR count). The Morgan fingerprint density at radius 1 is 0.880 bits per heavy atom. The molecule has 0 saturated carbocycles. The minimum Gasteiger partial charge on any atom is -0.288 e. The molecule has 2 aliphatic heterocycles. The van der Waals surface area contributed by atoms with Gasteiger partial charge in [-0.25, -0.2) is 17.6 Å². The Hall–Kier alpha value is -2.41. The summed E-state index contributed by atoms with van der Waals surface area (Å²) in [6, 6.07) is 11.8. The van der Waals surface area contributed by atoms with E-state index in [9.17, 15) is 17.6 Å². The first-order valence-corrected chi connectivity index (χ1v) is 9.83. The molecule has 2 atom stereocenters. The molecular formula is C18H17FN2O3S. The van der Waals surface area contributed by atoms with Crippen LogP contribution in [0.3, 0.4) is 0 Å². The van der Waals surface area contributed by atoms with E-state index in [2.05, 4.69) is 0 Å². The Bertz CT molecular complexity index is 856. The number of halogens is 1. The van der Waals surface area contributed by atoms with Crippen molar-refractivity contribution in [2.75, 3.05) is 21.3 Å². The maximum Gasteiger partial charge on any atom is 0.329 e. The van der Waals surface area contributed by atoms with Crippen LogP contribution in [0.5, 0.6) is 0 Å². The van der Waals surface area contributed by atoms with Gasteiger partial charge >= 0.3 is 6.03 Å². The highest BCUT2D eigenvalue weighted by Crippen LogP contribution is 2.37. The van der Waals surface area contributed by atoms with E-state index in [1.54, 1.807) is 4.90 Å². The third-order valence-corrected chi connectivity index (χ3v) is 6.48. The van der Waals surface area contributed by atoms with Crippen LogP contribution in [0.15, 0.2) is 48.5 Å². The van der Waals surface area contributed by atoms with Gasteiger partial charge in [0.05, 0.1) is 23.6 Å². The standard InChI is InChI=1S/C18H17FN2O3S/c1-12-2-6-14(7-3-12)20-16-10-25(23,24)11-17(16)21(18(20)22)15-8-4-13(19)5-9-15/h2-9,16-17H,10-11H2,1H3/t16-,17-/m1/s1. The maximum absolute atomic E-state index is 13.2. The number of hydrogen-bond acceptors (Lipinski definition) is 3. The second kappa shape index (κ2) is 5.56. The highest BCUT2D eigenvalue weighted by Gasteiger charge is 2.54. The molecule has 2 heterocycles. The van der Waals surface area contributed by atoms with Crippen LogP contribution < -0.4 is 9.80 Å². The quantitative estimate of drug-likeness (QED) is 0.774. The number of sulfone groups is 1. The number of rotatable bonds is 2. The molecule has 0 aromatic heterocycles. The number of urea groups is 1. The van der Waals surface area contributed by atoms with Gasteiger partial charge in [0.1, 0.15) is 5.82 Å². The molecule has 2 aromatic rings. The van der Waals surface area contributed by atoms with E-state index < -0.39 is 27.7 Å². The largest absolute Gasteiger partial charge is 0.329 e. The zero-order valence-corrected chi connectivity index (χ0v) is 14.4. The Morgan fingerprint density at radius 3 is 1.80 bits per heavy atom. The lowest BCUT2D eigenvalue weighted by molar-refractivity contribution is 0.255. The molecular weight excluding hydrogens is 343 g/mol. The first kappa shape index (κ1) is 16.1. The molecule has 0 spiro atoms. The molecule has 0 unspecified atom stereocenters. The van der Waals surface area contributed by atoms with E-state index in [-0.39, 0.29) is 17.5 Å². The molecule has 0 bridgehead atoms. The summed E-state index contributed by atoms with van der Waals surface area (Å²) in [7, 11) is -3.24. The van der Waals surface area contributed by atoms with Gasteiger partial charge in [-0.15, -0.1) is 0 Å². The number of carbonyl (C=O) groups is 1. The van der Waals surface area contributed by atoms with Crippen LogP contribution in [0.4, 0.5) is 20.6 Å². The van der Waals surface area contributed by atoms with Gasteiger partial charge in [0.15, 0.2) is 9.84 Å². The van der Waals surface area contributed by atoms with E-state index in [1.165, 1.54) is 29.2 Å². The van der Waals surface area contributed by atoms with E-state index >= 15 is 0 Å². The molecule has 0 aliphatic carbocycles. The van der Waals surface area contributed by atoms with Crippen molar-refractivity contribution in [2.45, 2.75) is 19.0 Å². The predicted octanol–water partition coefficient (Wildman–Crippen LogP) is 2.75. The number of amides is 2. The first-order chi connectivity index (χ1) is 11.9. The highest BCUT2D eigenvalue weighted by atomic mass is 32.2. The summed E-state index contributed by atoms with van der Waals surface area (Å²) >= 11 is 0. The summed E-state index contributed by atoms with van der Waals surface area (Å²) in [5.41, 5.74) is 2.24. The predicted molar refractivity (Wildman–Crippen MR) is 94.2 cm³/mol. The molecule has 2 amide bonds. The number of benzene rings is 2. The average Bonchev–Trinajstić information content (AvgIpc) is 2.99. The summed E-state index contributed by atoms with van der Waals surface area (Å²) in [5, 5.41) is 0. The van der Waals surface area contributed by atoms with Gasteiger partial charge in [0, 0.05) is 11.4 Å². The molecule has 0 N–H and O–H groups in total. The van der Waals surface area contributed by atoms with Crippen molar-refractivity contribution in [3.8, 4) is 0 Å². The molecule has 2 fully saturated rings. The van der Waals surface area contributed by atoms with E-state index in [0.717, 1.165) is 5.56 Å². The maximum atomic E-state index is 13.2. The lowest BCUT2D eigenvalue weighted by Gasteiger charge is -2.22. The van der Waals surface area contributed by atoms with Crippen LogP contribution in [0.25, 0.3) is 0 Å². The Balaban J connectivity index is 1.79. The lowest BCUT2D eigenvalue weighted by atomic mass is 10.1. The van der Waals surface area contributed by atoms with Crippen molar-refractivity contribution in [2.24, 2.45) is 0 Å². The van der Waals surface area contributed by atoms with Crippen LogP contribution in [-0.2, 0) is 9.84 Å². The minimum atomic E-state index is -3.24. The van der Waals surface area contributed by atoms with Crippen molar-refractivity contribution in [3.05, 3.63) is 59.9 Å². The van der Waals surface area contributed by atoms with Crippen molar-refractivity contribution in [1.82, 2.24) is 0 Å². The third-order valence-electron chi connectivity index (χ3n) is 4.79. The van der Waals surface area contributed by atoms with Crippen molar-refractivity contribution < 1.29 is 17.6 Å². The van der Waals surface area contributed by atoms with Crippen molar-refractivity contribution in [1.29, 1.82) is 0 Å². The van der Waals surface area contributed by atoms with Crippen LogP contribution in [0, 0.1) is 12.7 Å². The van der Waals surface area contributed by atoms with Crippen molar-refractivity contribution in [3.63, 3.8) is 0 Å². The average molecular weight is 360 g/mol. The summed E-state index contributed by atoms with van der Waals surface area (Å²) in [6.07, 6.45) is 0. The second-order valence-electron chi connectivity index (χ2n) is 6.55. The third kappa shape index (κ3) is 2.68. The minimum absolute atomic E-state index is 0.0605. The monoisotopic (exact) mass is 360 g/mol. The molecule has 2 aromatic carbocycles. The Labute approximate surface area is 145 Å². The summed E-state index contributed by atoms with van der Waals surface area (Å²) in [5.74, 6) is -0.542. The SMILES string of the molecule is Cc1ccc(N2C(=O)N(c3ccc(F)cc3)[C@@H]3CS(=O)(=O)C[C@H]32)cc1. The molecule has 0 radical (unpaired) electrons. The number of hydrogen-bond donors (Lipinski definition) is 0. The van der Waals surface area contributed by atoms with E-state index in [1.807, 2.05) is 31.2 Å². The van der Waals surface area contributed by atoms with Crippen LogP contribution in [0.1, 0.15) is 5.56 Å². The zero-order chi connectivity index (χ0) is 17.8. The number of fused-ring (bicyclic) bond motifs is 1. The van der Waals surface area contributed by atoms with Crippen LogP contribution >= 0.6 is 0 Å². The fraction of sp³-hybridized carbons (Fsp3) is 0.278. The van der Waals surface area contributed by atoms with E-state index in [4.69, 9.17) is 0 Å². The van der Waals surface area contributed by atoms with Crippen LogP contribution in [-0.4, -0.2) is 38.0 Å². The summed E-state index contributed by atoms with van der Waals surface area (Å²) < 4.78 is 37.6. The summed E-state index contributed by atoms with van der Waals surface area (Å²) in [4.78, 5) is 16.1.